The summed E-state index contributed by atoms with van der Waals surface area (Å²) in [6.07, 6.45) is -1.06. The Labute approximate surface area is 140 Å². The minimum Gasteiger partial charge on any atom is -0.484 e. The lowest BCUT2D eigenvalue weighted by atomic mass is 10.2. The van der Waals surface area contributed by atoms with Gasteiger partial charge in [0.2, 0.25) is 0 Å². The van der Waals surface area contributed by atoms with Crippen LogP contribution in [-0.2, 0) is 0 Å². The van der Waals surface area contributed by atoms with E-state index < -0.39 is 12.8 Å². The van der Waals surface area contributed by atoms with E-state index in [1.165, 1.54) is 24.0 Å². The third-order valence-electron chi connectivity index (χ3n) is 3.44. The summed E-state index contributed by atoms with van der Waals surface area (Å²) in [5.74, 6) is 0.662. The molecule has 0 atom stereocenters. The van der Waals surface area contributed by atoms with Crippen molar-refractivity contribution in [1.82, 2.24) is 14.5 Å². The highest BCUT2D eigenvalue weighted by Gasteiger charge is 2.29. The number of nitrogens with zero attached hydrogens (tertiary/aromatic N) is 3. The lowest BCUT2D eigenvalue weighted by molar-refractivity contribution is -0.153. The summed E-state index contributed by atoms with van der Waals surface area (Å²) < 4.78 is 44.0. The number of pyridine rings is 1. The number of para-hydroxylation sites is 2. The van der Waals surface area contributed by atoms with Crippen LogP contribution in [0.15, 0.2) is 41.7 Å². The fourth-order valence-electron chi connectivity index (χ4n) is 2.39. The topological polar surface area (TPSA) is 39.9 Å². The molecule has 0 N–H and O–H groups in total. The molecule has 0 bridgehead atoms. The number of benzene rings is 1. The number of thioether (sulfide) groups is 1. The molecule has 126 valence electrons. The second kappa shape index (κ2) is 6.35. The van der Waals surface area contributed by atoms with Crippen molar-refractivity contribution in [3.63, 3.8) is 0 Å². The summed E-state index contributed by atoms with van der Waals surface area (Å²) in [6, 6.07) is 8.97. The van der Waals surface area contributed by atoms with Crippen molar-refractivity contribution in [2.24, 2.45) is 0 Å². The molecule has 0 saturated heterocycles. The largest absolute Gasteiger partial charge is 0.484 e. The highest BCUT2D eigenvalue weighted by molar-refractivity contribution is 7.98. The molecule has 0 amide bonds. The SMILES string of the molecule is CSc1nc2ccccc2n1-c1nccc(OCC(F)(F)F)c1C. The predicted molar refractivity (Wildman–Crippen MR) is 86.9 cm³/mol. The van der Waals surface area contributed by atoms with Gasteiger partial charge in [-0.1, -0.05) is 23.9 Å². The number of alkyl halides is 3. The number of imidazole rings is 1. The maximum atomic E-state index is 12.4. The molecule has 8 heteroatoms. The number of fused-ring (bicyclic) bond motifs is 1. The van der Waals surface area contributed by atoms with Gasteiger partial charge in [0.25, 0.3) is 0 Å². The zero-order valence-electron chi connectivity index (χ0n) is 13.0. The molecule has 0 unspecified atom stereocenters. The molecular weight excluding hydrogens is 339 g/mol. The molecule has 2 aromatic heterocycles. The maximum Gasteiger partial charge on any atom is 0.422 e. The van der Waals surface area contributed by atoms with Crippen molar-refractivity contribution >= 4 is 22.8 Å². The van der Waals surface area contributed by atoms with Crippen LogP contribution >= 0.6 is 11.8 Å². The van der Waals surface area contributed by atoms with Crippen LogP contribution < -0.4 is 4.74 Å². The Morgan fingerprint density at radius 3 is 2.67 bits per heavy atom. The molecule has 3 aromatic rings. The molecule has 0 fully saturated rings. The number of hydrogen-bond donors (Lipinski definition) is 0. The first-order valence-corrected chi connectivity index (χ1v) is 8.30. The normalized spacial score (nSPS) is 11.9. The highest BCUT2D eigenvalue weighted by Crippen LogP contribution is 2.31. The summed E-state index contributed by atoms with van der Waals surface area (Å²) >= 11 is 1.44. The first-order valence-electron chi connectivity index (χ1n) is 7.07. The van der Waals surface area contributed by atoms with E-state index >= 15 is 0 Å². The molecule has 24 heavy (non-hydrogen) atoms. The van der Waals surface area contributed by atoms with Crippen molar-refractivity contribution in [3.05, 3.63) is 42.1 Å². The quantitative estimate of drug-likeness (QED) is 0.652. The van der Waals surface area contributed by atoms with Gasteiger partial charge < -0.3 is 4.74 Å². The van der Waals surface area contributed by atoms with Crippen LogP contribution in [0.3, 0.4) is 0 Å². The van der Waals surface area contributed by atoms with Gasteiger partial charge in [0, 0.05) is 11.8 Å². The summed E-state index contributed by atoms with van der Waals surface area (Å²) in [5, 5.41) is 0.708. The zero-order chi connectivity index (χ0) is 17.3. The van der Waals surface area contributed by atoms with Crippen LogP contribution in [0, 0.1) is 6.92 Å². The second-order valence-electron chi connectivity index (χ2n) is 5.08. The molecule has 2 heterocycles. The van der Waals surface area contributed by atoms with E-state index in [0.29, 0.717) is 16.5 Å². The fraction of sp³-hybridized carbons (Fsp3) is 0.250. The van der Waals surface area contributed by atoms with E-state index in [1.807, 2.05) is 35.1 Å². The van der Waals surface area contributed by atoms with Gasteiger partial charge in [-0.15, -0.1) is 0 Å². The van der Waals surface area contributed by atoms with Gasteiger partial charge in [0.15, 0.2) is 11.8 Å². The Morgan fingerprint density at radius 2 is 1.96 bits per heavy atom. The zero-order valence-corrected chi connectivity index (χ0v) is 13.8. The van der Waals surface area contributed by atoms with Crippen LogP contribution in [0.25, 0.3) is 16.9 Å². The molecule has 1 aromatic carbocycles. The van der Waals surface area contributed by atoms with Crippen LogP contribution in [0.5, 0.6) is 5.75 Å². The van der Waals surface area contributed by atoms with Crippen molar-refractivity contribution in [2.75, 3.05) is 12.9 Å². The molecule has 0 saturated carbocycles. The molecule has 0 spiro atoms. The Balaban J connectivity index is 2.10. The van der Waals surface area contributed by atoms with Crippen molar-refractivity contribution < 1.29 is 17.9 Å². The lowest BCUT2D eigenvalue weighted by Crippen LogP contribution is -2.20. The van der Waals surface area contributed by atoms with Gasteiger partial charge in [-0.2, -0.15) is 13.2 Å². The summed E-state index contributed by atoms with van der Waals surface area (Å²) in [6.45, 7) is 0.351. The number of hydrogen-bond acceptors (Lipinski definition) is 4. The maximum absolute atomic E-state index is 12.4. The van der Waals surface area contributed by atoms with E-state index in [4.69, 9.17) is 4.74 Å². The lowest BCUT2D eigenvalue weighted by Gasteiger charge is -2.15. The van der Waals surface area contributed by atoms with Gasteiger partial charge in [0.05, 0.1) is 11.0 Å². The summed E-state index contributed by atoms with van der Waals surface area (Å²) in [4.78, 5) is 8.86. The molecule has 4 nitrogen and oxygen atoms in total. The smallest absolute Gasteiger partial charge is 0.422 e. The Morgan fingerprint density at radius 1 is 1.21 bits per heavy atom. The van der Waals surface area contributed by atoms with Gasteiger partial charge in [-0.05, 0) is 31.4 Å². The average Bonchev–Trinajstić information content (AvgIpc) is 2.91. The van der Waals surface area contributed by atoms with E-state index in [2.05, 4.69) is 9.97 Å². The third-order valence-corrected chi connectivity index (χ3v) is 4.08. The first-order chi connectivity index (χ1) is 11.4. The molecule has 0 aliphatic rings. The van der Waals surface area contributed by atoms with Gasteiger partial charge in [-0.3, -0.25) is 4.57 Å². The average molecular weight is 353 g/mol. The Kier molecular flexibility index (Phi) is 4.40. The van der Waals surface area contributed by atoms with E-state index in [9.17, 15) is 13.2 Å². The van der Waals surface area contributed by atoms with E-state index in [0.717, 1.165) is 11.0 Å². The van der Waals surface area contributed by atoms with Crippen molar-refractivity contribution in [1.29, 1.82) is 0 Å². The van der Waals surface area contributed by atoms with Gasteiger partial charge in [-0.25, -0.2) is 9.97 Å². The highest BCUT2D eigenvalue weighted by atomic mass is 32.2. The van der Waals surface area contributed by atoms with Crippen molar-refractivity contribution in [2.45, 2.75) is 18.3 Å². The fourth-order valence-corrected chi connectivity index (χ4v) is 2.95. The molecule has 0 aliphatic heterocycles. The van der Waals surface area contributed by atoms with Crippen LogP contribution in [0.4, 0.5) is 13.2 Å². The Hall–Kier alpha value is -2.22. The number of rotatable bonds is 4. The van der Waals surface area contributed by atoms with E-state index in [-0.39, 0.29) is 5.75 Å². The summed E-state index contributed by atoms with van der Waals surface area (Å²) in [7, 11) is 0. The monoisotopic (exact) mass is 353 g/mol. The van der Waals surface area contributed by atoms with Crippen LogP contribution in [0.2, 0.25) is 0 Å². The number of halogens is 3. The predicted octanol–water partition coefficient (Wildman–Crippen LogP) is 4.39. The number of aromatic nitrogens is 3. The first kappa shape index (κ1) is 16.6. The van der Waals surface area contributed by atoms with Crippen LogP contribution in [-0.4, -0.2) is 33.6 Å². The standard InChI is InChI=1S/C16H14F3N3OS/c1-10-13(23-9-16(17,18)19)7-8-20-14(10)22-12-6-4-3-5-11(12)21-15(22)24-2/h3-8H,9H2,1-2H3. The molecule has 3 rings (SSSR count). The minimum atomic E-state index is -4.39. The van der Waals surface area contributed by atoms with Gasteiger partial charge in [0.1, 0.15) is 11.6 Å². The van der Waals surface area contributed by atoms with Gasteiger partial charge >= 0.3 is 6.18 Å². The molecule has 0 aliphatic carbocycles. The second-order valence-corrected chi connectivity index (χ2v) is 5.86. The van der Waals surface area contributed by atoms with Crippen LogP contribution in [0.1, 0.15) is 5.56 Å². The third kappa shape index (κ3) is 3.19. The molecular formula is C16H14F3N3OS. The summed E-state index contributed by atoms with van der Waals surface area (Å²) in [5.41, 5.74) is 2.16. The Bertz CT molecular complexity index is 877. The molecule has 0 radical (unpaired) electrons. The van der Waals surface area contributed by atoms with Crippen molar-refractivity contribution in [3.8, 4) is 11.6 Å². The minimum absolute atomic E-state index is 0.155. The van der Waals surface area contributed by atoms with E-state index in [1.54, 1.807) is 6.92 Å². The number of ether oxygens (including phenoxy) is 1.